The molecule has 44 heavy (non-hydrogen) atoms. The molecule has 0 atom stereocenters. The van der Waals surface area contributed by atoms with Gasteiger partial charge in [-0.1, -0.05) is 109 Å². The van der Waals surface area contributed by atoms with Crippen LogP contribution in [-0.4, -0.2) is 0 Å². The Labute approximate surface area is 272 Å². The van der Waals surface area contributed by atoms with Gasteiger partial charge in [-0.25, -0.2) is 0 Å². The summed E-state index contributed by atoms with van der Waals surface area (Å²) in [4.78, 5) is 0. The zero-order chi connectivity index (χ0) is 29.6. The molecule has 4 aromatic heterocycles. The highest BCUT2D eigenvalue weighted by atomic mass is 32.1. The molecule has 0 saturated carbocycles. The van der Waals surface area contributed by atoms with Gasteiger partial charge in [-0.05, 0) is 70.1 Å². The maximum atomic E-state index is 2.19. The Bertz CT molecular complexity index is 2080. The Kier molecular flexibility index (Phi) is 8.76. The van der Waals surface area contributed by atoms with Crippen molar-refractivity contribution >= 4 is 106 Å². The number of benzene rings is 6. The van der Waals surface area contributed by atoms with Gasteiger partial charge >= 0.3 is 0 Å². The van der Waals surface area contributed by atoms with Crippen molar-refractivity contribution in [3.05, 3.63) is 168 Å². The first-order valence-electron chi connectivity index (χ1n) is 14.4. The topological polar surface area (TPSA) is 0 Å². The molecular weight excluding hydrogens is 609 g/mol. The van der Waals surface area contributed by atoms with E-state index in [-0.39, 0.29) is 0 Å². The van der Waals surface area contributed by atoms with Crippen molar-refractivity contribution in [1.29, 1.82) is 0 Å². The molecule has 0 saturated heterocycles. The molecule has 6 aromatic carbocycles. The van der Waals surface area contributed by atoms with Gasteiger partial charge in [0, 0.05) is 49.7 Å². The first-order chi connectivity index (χ1) is 21.8. The summed E-state index contributed by atoms with van der Waals surface area (Å²) in [5, 5.41) is 12.4. The third-order valence-electron chi connectivity index (χ3n) is 7.29. The van der Waals surface area contributed by atoms with Crippen LogP contribution in [0.1, 0.15) is 0 Å². The average Bonchev–Trinajstić information content (AvgIpc) is 3.90. The maximum absolute atomic E-state index is 2.19. The highest BCUT2D eigenvalue weighted by Gasteiger charge is 2.02. The van der Waals surface area contributed by atoms with Crippen molar-refractivity contribution in [3.8, 4) is 0 Å². The van der Waals surface area contributed by atoms with E-state index in [1.807, 2.05) is 22.7 Å². The molecule has 10 rings (SSSR count). The number of hydrogen-bond donors (Lipinski definition) is 0. The summed E-state index contributed by atoms with van der Waals surface area (Å²) in [6, 6.07) is 55.3. The van der Waals surface area contributed by atoms with E-state index in [1.54, 1.807) is 22.7 Å². The Hall–Kier alpha value is -4.32. The molecule has 0 bridgehead atoms. The van der Waals surface area contributed by atoms with Gasteiger partial charge in [-0.2, -0.15) is 0 Å². The fourth-order valence-electron chi connectivity index (χ4n) is 5.16. The van der Waals surface area contributed by atoms with Crippen LogP contribution in [0.25, 0.3) is 60.5 Å². The Morgan fingerprint density at radius 1 is 0.250 bits per heavy atom. The highest BCUT2D eigenvalue weighted by Crippen LogP contribution is 2.34. The lowest BCUT2D eigenvalue weighted by Gasteiger charge is -1.88. The third-order valence-corrected chi connectivity index (χ3v) is 11.4. The molecule has 0 N–H and O–H groups in total. The largest absolute Gasteiger partial charge is 0.144 e. The lowest BCUT2D eigenvalue weighted by atomic mass is 10.2. The summed E-state index contributed by atoms with van der Waals surface area (Å²) in [6.07, 6.45) is 0. The molecule has 0 aliphatic carbocycles. The molecule has 0 nitrogen and oxygen atoms in total. The summed E-state index contributed by atoms with van der Waals surface area (Å²) in [5.41, 5.74) is 0. The minimum atomic E-state index is 1.35. The average molecular weight is 637 g/mol. The van der Waals surface area contributed by atoms with Crippen LogP contribution in [0.3, 0.4) is 0 Å². The van der Waals surface area contributed by atoms with Gasteiger partial charge in [0.1, 0.15) is 0 Å². The molecule has 0 fully saturated rings. The smallest absolute Gasteiger partial charge is 0.0355 e. The van der Waals surface area contributed by atoms with Gasteiger partial charge < -0.3 is 0 Å². The van der Waals surface area contributed by atoms with E-state index in [1.165, 1.54) is 60.5 Å². The minimum absolute atomic E-state index is 1.35. The molecule has 0 amide bonds. The van der Waals surface area contributed by atoms with Gasteiger partial charge in [0.05, 0.1) is 0 Å². The van der Waals surface area contributed by atoms with E-state index in [0.29, 0.717) is 0 Å². The molecule has 212 valence electrons. The van der Waals surface area contributed by atoms with Crippen molar-refractivity contribution in [3.63, 3.8) is 0 Å². The predicted molar refractivity (Wildman–Crippen MR) is 202 cm³/mol. The van der Waals surface area contributed by atoms with Crippen molar-refractivity contribution in [1.82, 2.24) is 0 Å². The lowest BCUT2D eigenvalue weighted by Crippen LogP contribution is -1.62. The summed E-state index contributed by atoms with van der Waals surface area (Å²) in [5.74, 6) is 0. The third kappa shape index (κ3) is 6.30. The fraction of sp³-hybridized carbons (Fsp3) is 0. The normalized spacial score (nSPS) is 10.7. The molecule has 0 unspecified atom stereocenters. The van der Waals surface area contributed by atoms with Crippen LogP contribution < -0.4 is 0 Å². The Balaban J connectivity index is 0.0000000962. The SMILES string of the molecule is c1ccc2c(c1)sc1ccccc12.c1ccc2c(c1)sc1ccccc12.c1ccc2sccc2c1.c1ccc2sccc2c1. The molecule has 0 aliphatic heterocycles. The van der Waals surface area contributed by atoms with Gasteiger partial charge in [-0.3, -0.25) is 0 Å². The van der Waals surface area contributed by atoms with E-state index in [4.69, 9.17) is 0 Å². The molecule has 0 spiro atoms. The standard InChI is InChI=1S/2C12H8S.2C8H6S/c2*1-3-7-11-9(5-1)10-6-2-4-8-12(10)13-11;2*1-2-4-8-7(3-1)5-6-9-8/h2*1-8H;2*1-6H. The zero-order valence-corrected chi connectivity index (χ0v) is 27.1. The van der Waals surface area contributed by atoms with E-state index in [2.05, 4.69) is 168 Å². The Morgan fingerprint density at radius 2 is 0.523 bits per heavy atom. The van der Waals surface area contributed by atoms with Crippen LogP contribution in [-0.2, 0) is 0 Å². The van der Waals surface area contributed by atoms with Crippen molar-refractivity contribution in [2.24, 2.45) is 0 Å². The number of fused-ring (bicyclic) bond motifs is 8. The van der Waals surface area contributed by atoms with Crippen LogP contribution in [0.15, 0.2) is 168 Å². The van der Waals surface area contributed by atoms with Crippen LogP contribution in [0.4, 0.5) is 0 Å². The summed E-state index contributed by atoms with van der Waals surface area (Å²) in [7, 11) is 0. The first-order valence-corrected chi connectivity index (χ1v) is 17.8. The van der Waals surface area contributed by atoms with Crippen molar-refractivity contribution in [2.45, 2.75) is 0 Å². The first kappa shape index (κ1) is 28.5. The van der Waals surface area contributed by atoms with E-state index < -0.39 is 0 Å². The zero-order valence-electron chi connectivity index (χ0n) is 23.8. The van der Waals surface area contributed by atoms with Gasteiger partial charge in [0.15, 0.2) is 0 Å². The van der Waals surface area contributed by atoms with E-state index in [9.17, 15) is 0 Å². The van der Waals surface area contributed by atoms with Gasteiger partial charge in [0.2, 0.25) is 0 Å². The van der Waals surface area contributed by atoms with Crippen LogP contribution in [0.5, 0.6) is 0 Å². The number of thiophene rings is 4. The number of hydrogen-bond acceptors (Lipinski definition) is 4. The van der Waals surface area contributed by atoms with Crippen LogP contribution in [0.2, 0.25) is 0 Å². The second-order valence-corrected chi connectivity index (χ2v) is 14.2. The summed E-state index contributed by atoms with van der Waals surface area (Å²) >= 11 is 7.30. The second kappa shape index (κ2) is 13.5. The minimum Gasteiger partial charge on any atom is -0.144 e. The maximum Gasteiger partial charge on any atom is 0.0355 e. The summed E-state index contributed by atoms with van der Waals surface area (Å²) in [6.45, 7) is 0. The summed E-state index contributed by atoms with van der Waals surface area (Å²) < 4.78 is 8.26. The van der Waals surface area contributed by atoms with Gasteiger partial charge in [0.25, 0.3) is 0 Å². The van der Waals surface area contributed by atoms with Gasteiger partial charge in [-0.15, -0.1) is 45.3 Å². The van der Waals surface area contributed by atoms with E-state index >= 15 is 0 Å². The number of rotatable bonds is 0. The van der Waals surface area contributed by atoms with E-state index in [0.717, 1.165) is 0 Å². The fourth-order valence-corrected chi connectivity index (χ4v) is 8.96. The van der Waals surface area contributed by atoms with Crippen LogP contribution >= 0.6 is 45.3 Å². The molecular formula is C40H28S4. The highest BCUT2D eigenvalue weighted by molar-refractivity contribution is 7.26. The second-order valence-electron chi connectivity index (χ2n) is 10.1. The predicted octanol–water partition coefficient (Wildman–Crippen LogP) is 13.9. The van der Waals surface area contributed by atoms with Crippen molar-refractivity contribution < 1.29 is 0 Å². The Morgan fingerprint density at radius 3 is 0.841 bits per heavy atom. The monoisotopic (exact) mass is 636 g/mol. The molecule has 10 aromatic rings. The molecule has 4 heteroatoms. The van der Waals surface area contributed by atoms with Crippen molar-refractivity contribution in [2.75, 3.05) is 0 Å². The quantitative estimate of drug-likeness (QED) is 0.155. The molecule has 4 heterocycles. The van der Waals surface area contributed by atoms with Crippen LogP contribution in [0, 0.1) is 0 Å². The molecule has 0 aliphatic rings. The lowest BCUT2D eigenvalue weighted by molar-refractivity contribution is 1.84. The molecule has 0 radical (unpaired) electrons.